The van der Waals surface area contributed by atoms with Crippen molar-refractivity contribution in [2.75, 3.05) is 20.3 Å². The Balaban J connectivity index is 1.53. The molecule has 0 aliphatic carbocycles. The van der Waals surface area contributed by atoms with Crippen LogP contribution in [0.3, 0.4) is 0 Å². The molecular formula is C21H20BrNO5. The molecule has 1 atom stereocenters. The summed E-state index contributed by atoms with van der Waals surface area (Å²) >= 11 is 3.37. The molecule has 1 N–H and O–H groups in total. The molecule has 0 fully saturated rings. The molecule has 0 spiro atoms. The second-order valence-corrected chi connectivity index (χ2v) is 7.04. The highest BCUT2D eigenvalue weighted by Gasteiger charge is 2.22. The molecule has 0 radical (unpaired) electrons. The molecule has 28 heavy (non-hydrogen) atoms. The largest absolute Gasteiger partial charge is 0.496 e. The molecular weight excluding hydrogens is 426 g/mol. The molecule has 2 aromatic carbocycles. The van der Waals surface area contributed by atoms with Crippen LogP contribution in [0.4, 0.5) is 0 Å². The molecule has 3 rings (SSSR count). The first-order valence-corrected chi connectivity index (χ1v) is 9.55. The van der Waals surface area contributed by atoms with Crippen molar-refractivity contribution >= 4 is 33.9 Å². The Morgan fingerprint density at radius 2 is 2.11 bits per heavy atom. The molecule has 1 heterocycles. The van der Waals surface area contributed by atoms with E-state index in [9.17, 15) is 9.59 Å². The number of halogens is 1. The summed E-state index contributed by atoms with van der Waals surface area (Å²) in [5.41, 5.74) is 1.65. The lowest BCUT2D eigenvalue weighted by molar-refractivity contribution is -0.144. The smallest absolute Gasteiger partial charge is 0.331 e. The monoisotopic (exact) mass is 445 g/mol. The molecule has 2 aromatic rings. The van der Waals surface area contributed by atoms with Crippen LogP contribution < -0.4 is 14.8 Å². The van der Waals surface area contributed by atoms with Gasteiger partial charge in [-0.2, -0.15) is 0 Å². The number of carbonyl (C=O) groups excluding carboxylic acids is 2. The van der Waals surface area contributed by atoms with E-state index in [0.717, 1.165) is 21.3 Å². The van der Waals surface area contributed by atoms with Crippen LogP contribution in [0.5, 0.6) is 11.5 Å². The van der Waals surface area contributed by atoms with E-state index >= 15 is 0 Å². The third-order valence-electron chi connectivity index (χ3n) is 4.23. The molecule has 0 aromatic heterocycles. The van der Waals surface area contributed by atoms with E-state index in [1.807, 2.05) is 36.4 Å². The maximum Gasteiger partial charge on any atom is 0.331 e. The predicted octanol–water partition coefficient (Wildman–Crippen LogP) is 3.65. The Morgan fingerprint density at radius 3 is 2.93 bits per heavy atom. The van der Waals surface area contributed by atoms with Crippen LogP contribution in [0, 0.1) is 0 Å². The van der Waals surface area contributed by atoms with E-state index in [1.165, 1.54) is 6.08 Å². The van der Waals surface area contributed by atoms with E-state index in [4.69, 9.17) is 14.2 Å². The summed E-state index contributed by atoms with van der Waals surface area (Å²) in [6.45, 7) is 0.178. The quantitative estimate of drug-likeness (QED) is 0.542. The van der Waals surface area contributed by atoms with Gasteiger partial charge in [0.15, 0.2) is 6.61 Å². The highest BCUT2D eigenvalue weighted by molar-refractivity contribution is 9.10. The molecule has 6 nitrogen and oxygen atoms in total. The molecule has 0 bridgehead atoms. The van der Waals surface area contributed by atoms with Gasteiger partial charge in [0.05, 0.1) is 19.8 Å². The number of benzene rings is 2. The van der Waals surface area contributed by atoms with Gasteiger partial charge in [-0.25, -0.2) is 4.79 Å². The average molecular weight is 446 g/mol. The molecule has 0 saturated heterocycles. The van der Waals surface area contributed by atoms with Crippen molar-refractivity contribution in [1.29, 1.82) is 0 Å². The van der Waals surface area contributed by atoms with Gasteiger partial charge in [-0.1, -0.05) is 34.1 Å². The second kappa shape index (κ2) is 9.41. The van der Waals surface area contributed by atoms with E-state index in [0.29, 0.717) is 18.8 Å². The van der Waals surface area contributed by atoms with Crippen molar-refractivity contribution in [1.82, 2.24) is 5.32 Å². The summed E-state index contributed by atoms with van der Waals surface area (Å²) in [5, 5.41) is 2.88. The molecule has 1 amide bonds. The number of rotatable bonds is 6. The molecule has 146 valence electrons. The third kappa shape index (κ3) is 5.13. The summed E-state index contributed by atoms with van der Waals surface area (Å²) in [6.07, 6.45) is 3.51. The van der Waals surface area contributed by atoms with Gasteiger partial charge in [0.25, 0.3) is 5.91 Å². The Bertz CT molecular complexity index is 896. The van der Waals surface area contributed by atoms with Crippen LogP contribution in [0.2, 0.25) is 0 Å². The third-order valence-corrected chi connectivity index (χ3v) is 4.72. The van der Waals surface area contributed by atoms with Gasteiger partial charge in [0.2, 0.25) is 0 Å². The summed E-state index contributed by atoms with van der Waals surface area (Å²) in [5.74, 6) is 0.429. The Hall–Kier alpha value is -2.80. The van der Waals surface area contributed by atoms with Crippen LogP contribution in [0.15, 0.2) is 53.0 Å². The first-order valence-electron chi connectivity index (χ1n) is 8.76. The van der Waals surface area contributed by atoms with Crippen molar-refractivity contribution in [3.63, 3.8) is 0 Å². The summed E-state index contributed by atoms with van der Waals surface area (Å²) in [4.78, 5) is 24.1. The fourth-order valence-electron chi connectivity index (χ4n) is 2.91. The lowest BCUT2D eigenvalue weighted by Gasteiger charge is -2.26. The highest BCUT2D eigenvalue weighted by atomic mass is 79.9. The zero-order chi connectivity index (χ0) is 19.9. The molecule has 1 aliphatic rings. The van der Waals surface area contributed by atoms with Crippen LogP contribution in [0.1, 0.15) is 23.6 Å². The zero-order valence-corrected chi connectivity index (χ0v) is 16.9. The molecule has 1 unspecified atom stereocenters. The minimum absolute atomic E-state index is 0.155. The Morgan fingerprint density at radius 1 is 1.29 bits per heavy atom. The van der Waals surface area contributed by atoms with Crippen LogP contribution in [-0.2, 0) is 14.3 Å². The maximum atomic E-state index is 12.2. The van der Waals surface area contributed by atoms with Gasteiger partial charge in [0, 0.05) is 28.1 Å². The number of fused-ring (bicyclic) bond motifs is 1. The van der Waals surface area contributed by atoms with Gasteiger partial charge in [0.1, 0.15) is 11.5 Å². The van der Waals surface area contributed by atoms with E-state index in [1.54, 1.807) is 19.3 Å². The van der Waals surface area contributed by atoms with Crippen molar-refractivity contribution in [3.05, 3.63) is 64.1 Å². The van der Waals surface area contributed by atoms with Crippen molar-refractivity contribution < 1.29 is 23.8 Å². The Kier molecular flexibility index (Phi) is 6.71. The first kappa shape index (κ1) is 19.9. The first-order chi connectivity index (χ1) is 13.6. The minimum Gasteiger partial charge on any atom is -0.496 e. The van der Waals surface area contributed by atoms with Gasteiger partial charge >= 0.3 is 5.97 Å². The van der Waals surface area contributed by atoms with E-state index in [2.05, 4.69) is 21.2 Å². The predicted molar refractivity (Wildman–Crippen MR) is 108 cm³/mol. The Labute approximate surface area is 171 Å². The second-order valence-electron chi connectivity index (χ2n) is 6.12. The molecule has 0 saturated carbocycles. The maximum absolute atomic E-state index is 12.2. The van der Waals surface area contributed by atoms with Crippen molar-refractivity contribution in [2.24, 2.45) is 0 Å². The number of para-hydroxylation sites is 1. The summed E-state index contributed by atoms with van der Waals surface area (Å²) in [7, 11) is 1.55. The number of hydrogen-bond donors (Lipinski definition) is 1. The molecule has 1 aliphatic heterocycles. The van der Waals surface area contributed by atoms with Crippen LogP contribution >= 0.6 is 15.9 Å². The van der Waals surface area contributed by atoms with Gasteiger partial charge < -0.3 is 19.5 Å². The van der Waals surface area contributed by atoms with Crippen molar-refractivity contribution in [2.45, 2.75) is 12.5 Å². The average Bonchev–Trinajstić information content (AvgIpc) is 2.71. The van der Waals surface area contributed by atoms with Gasteiger partial charge in [-0.05, 0) is 30.3 Å². The SMILES string of the molecule is COc1ccc(Br)cc1/C=C/C(=O)OCC(=O)NC1CCOc2ccccc21. The molecule has 7 heteroatoms. The lowest BCUT2D eigenvalue weighted by Crippen LogP contribution is -2.34. The van der Waals surface area contributed by atoms with Crippen LogP contribution in [-0.4, -0.2) is 32.2 Å². The number of methoxy groups -OCH3 is 1. The number of nitrogens with one attached hydrogen (secondary N) is 1. The minimum atomic E-state index is -0.607. The fourth-order valence-corrected chi connectivity index (χ4v) is 3.28. The van der Waals surface area contributed by atoms with E-state index in [-0.39, 0.29) is 18.6 Å². The summed E-state index contributed by atoms with van der Waals surface area (Å²) < 4.78 is 16.7. The van der Waals surface area contributed by atoms with Crippen LogP contribution in [0.25, 0.3) is 6.08 Å². The van der Waals surface area contributed by atoms with Crippen molar-refractivity contribution in [3.8, 4) is 11.5 Å². The lowest BCUT2D eigenvalue weighted by atomic mass is 10.0. The fraction of sp³-hybridized carbons (Fsp3) is 0.238. The van der Waals surface area contributed by atoms with Gasteiger partial charge in [-0.3, -0.25) is 4.79 Å². The number of hydrogen-bond acceptors (Lipinski definition) is 5. The van der Waals surface area contributed by atoms with Gasteiger partial charge in [-0.15, -0.1) is 0 Å². The summed E-state index contributed by atoms with van der Waals surface area (Å²) in [6, 6.07) is 12.9. The number of esters is 1. The highest BCUT2D eigenvalue weighted by Crippen LogP contribution is 2.31. The number of ether oxygens (including phenoxy) is 3. The zero-order valence-electron chi connectivity index (χ0n) is 15.3. The number of amides is 1. The van der Waals surface area contributed by atoms with E-state index < -0.39 is 5.97 Å². The topological polar surface area (TPSA) is 73.9 Å². The standard InChI is InChI=1S/C21H20BrNO5/c1-26-18-8-7-15(22)12-14(18)6-9-21(25)28-13-20(24)23-17-10-11-27-19-5-3-2-4-16(17)19/h2-9,12,17H,10-11,13H2,1H3,(H,23,24)/b9-6+. The normalized spacial score (nSPS) is 15.4. The number of carbonyl (C=O) groups is 2.